The Morgan fingerprint density at radius 3 is 2.34 bits per heavy atom. The topological polar surface area (TPSA) is 50.5 Å². The molecule has 0 aliphatic rings. The van der Waals surface area contributed by atoms with Gasteiger partial charge in [0.15, 0.2) is 5.65 Å². The van der Waals surface area contributed by atoms with Gasteiger partial charge in [-0.25, -0.2) is 0 Å². The molecule has 11 heteroatoms. The van der Waals surface area contributed by atoms with Crippen LogP contribution in [0, 0.1) is 0 Å². The molecule has 32 heavy (non-hydrogen) atoms. The standard InChI is InChI=1S/C21H20F6N4O/c1-2-11-30(12-5-7-14-6-3-4-8-16(14)21(25,26)27)19(32)18-29-28-17-10-9-15(13-31(17)18)20(22,23)24/h3-4,6,8-10,13H,2,5,7,11-12H2,1H3. The fraction of sp³-hybridized carbons (Fsp3) is 0.381. The molecule has 0 spiro atoms. The lowest BCUT2D eigenvalue weighted by Crippen LogP contribution is -2.34. The highest BCUT2D eigenvalue weighted by Crippen LogP contribution is 2.32. The number of nitrogens with zero attached hydrogens (tertiary/aromatic N) is 4. The summed E-state index contributed by atoms with van der Waals surface area (Å²) in [6, 6.07) is 7.18. The molecule has 2 heterocycles. The number of fused-ring (bicyclic) bond motifs is 1. The third kappa shape index (κ3) is 5.20. The Hall–Kier alpha value is -3.11. The van der Waals surface area contributed by atoms with Crippen LogP contribution < -0.4 is 0 Å². The van der Waals surface area contributed by atoms with Crippen molar-refractivity contribution in [1.29, 1.82) is 0 Å². The van der Waals surface area contributed by atoms with Crippen molar-refractivity contribution < 1.29 is 31.1 Å². The van der Waals surface area contributed by atoms with Crippen molar-refractivity contribution in [3.8, 4) is 0 Å². The number of rotatable bonds is 7. The zero-order chi connectivity index (χ0) is 23.5. The first-order valence-electron chi connectivity index (χ1n) is 9.88. The number of aromatic nitrogens is 3. The highest BCUT2D eigenvalue weighted by atomic mass is 19.4. The summed E-state index contributed by atoms with van der Waals surface area (Å²) in [5, 5.41) is 7.48. The van der Waals surface area contributed by atoms with Gasteiger partial charge < -0.3 is 4.90 Å². The Morgan fingerprint density at radius 1 is 0.969 bits per heavy atom. The van der Waals surface area contributed by atoms with Crippen LogP contribution in [0.25, 0.3) is 5.65 Å². The number of hydrogen-bond donors (Lipinski definition) is 0. The van der Waals surface area contributed by atoms with Crippen LogP contribution >= 0.6 is 0 Å². The Balaban J connectivity index is 1.79. The largest absolute Gasteiger partial charge is 0.417 e. The van der Waals surface area contributed by atoms with Crippen LogP contribution in [0.3, 0.4) is 0 Å². The SMILES string of the molecule is CCCN(CCCc1ccccc1C(F)(F)F)C(=O)c1nnc2ccc(C(F)(F)F)cn12. The molecule has 0 saturated heterocycles. The van der Waals surface area contributed by atoms with Gasteiger partial charge in [-0.1, -0.05) is 25.1 Å². The lowest BCUT2D eigenvalue weighted by Gasteiger charge is -2.22. The van der Waals surface area contributed by atoms with Crippen molar-refractivity contribution in [2.45, 2.75) is 38.5 Å². The maximum atomic E-state index is 13.2. The molecule has 1 amide bonds. The first-order valence-corrected chi connectivity index (χ1v) is 9.88. The molecule has 3 aromatic rings. The Kier molecular flexibility index (Phi) is 6.75. The molecule has 2 aromatic heterocycles. The van der Waals surface area contributed by atoms with E-state index in [1.165, 1.54) is 23.1 Å². The van der Waals surface area contributed by atoms with Gasteiger partial charge in [-0.3, -0.25) is 9.20 Å². The smallest absolute Gasteiger partial charge is 0.336 e. The summed E-state index contributed by atoms with van der Waals surface area (Å²) in [4.78, 5) is 14.3. The van der Waals surface area contributed by atoms with Gasteiger partial charge in [0.25, 0.3) is 5.91 Å². The highest BCUT2D eigenvalue weighted by Gasteiger charge is 2.33. The number of carbonyl (C=O) groups excluding carboxylic acids is 1. The predicted octanol–water partition coefficient (Wildman–Crippen LogP) is 5.25. The molecule has 0 N–H and O–H groups in total. The fourth-order valence-corrected chi connectivity index (χ4v) is 3.41. The van der Waals surface area contributed by atoms with Gasteiger partial charge in [-0.15, -0.1) is 10.2 Å². The molecule has 0 unspecified atom stereocenters. The molecular formula is C21H20F6N4O. The van der Waals surface area contributed by atoms with Gasteiger partial charge in [0.1, 0.15) is 0 Å². The first-order chi connectivity index (χ1) is 15.0. The summed E-state index contributed by atoms with van der Waals surface area (Å²) in [6.07, 6.45) is -7.45. The third-order valence-corrected chi connectivity index (χ3v) is 4.90. The summed E-state index contributed by atoms with van der Waals surface area (Å²) in [5.41, 5.74) is -1.48. The van der Waals surface area contributed by atoms with Crippen molar-refractivity contribution in [3.63, 3.8) is 0 Å². The van der Waals surface area contributed by atoms with Gasteiger partial charge >= 0.3 is 12.4 Å². The maximum absolute atomic E-state index is 13.2. The van der Waals surface area contributed by atoms with Crippen molar-refractivity contribution in [1.82, 2.24) is 19.5 Å². The van der Waals surface area contributed by atoms with E-state index >= 15 is 0 Å². The minimum atomic E-state index is -4.60. The molecular weight excluding hydrogens is 438 g/mol. The van der Waals surface area contributed by atoms with Crippen LogP contribution in [0.5, 0.6) is 0 Å². The van der Waals surface area contributed by atoms with E-state index in [9.17, 15) is 31.1 Å². The molecule has 0 radical (unpaired) electrons. The van der Waals surface area contributed by atoms with E-state index < -0.39 is 29.4 Å². The molecule has 3 rings (SSSR count). The summed E-state index contributed by atoms with van der Waals surface area (Å²) in [7, 11) is 0. The minimum absolute atomic E-state index is 0.0805. The second-order valence-electron chi connectivity index (χ2n) is 7.22. The quantitative estimate of drug-likeness (QED) is 0.455. The summed E-state index contributed by atoms with van der Waals surface area (Å²) in [6.45, 7) is 2.20. The molecule has 5 nitrogen and oxygen atoms in total. The molecule has 0 fully saturated rings. The van der Waals surface area contributed by atoms with Crippen molar-refractivity contribution in [2.75, 3.05) is 13.1 Å². The van der Waals surface area contributed by atoms with Crippen LogP contribution in [-0.2, 0) is 18.8 Å². The first kappa shape index (κ1) is 23.6. The lowest BCUT2D eigenvalue weighted by atomic mass is 10.0. The molecule has 0 bridgehead atoms. The Labute approximate surface area is 179 Å². The lowest BCUT2D eigenvalue weighted by molar-refractivity contribution is -0.138. The van der Waals surface area contributed by atoms with E-state index in [1.807, 2.05) is 6.92 Å². The Bertz CT molecular complexity index is 1090. The molecule has 172 valence electrons. The van der Waals surface area contributed by atoms with Gasteiger partial charge in [0.05, 0.1) is 11.1 Å². The summed E-state index contributed by atoms with van der Waals surface area (Å²) in [5.74, 6) is -0.918. The van der Waals surface area contributed by atoms with Gasteiger partial charge in [-0.05, 0) is 43.0 Å². The monoisotopic (exact) mass is 458 g/mol. The normalized spacial score (nSPS) is 12.3. The molecule has 0 aliphatic heterocycles. The number of benzene rings is 1. The van der Waals surface area contributed by atoms with Crippen LogP contribution in [0.1, 0.15) is 47.1 Å². The van der Waals surface area contributed by atoms with Crippen molar-refractivity contribution >= 4 is 11.6 Å². The Morgan fingerprint density at radius 2 is 1.69 bits per heavy atom. The zero-order valence-electron chi connectivity index (χ0n) is 17.0. The number of amides is 1. The highest BCUT2D eigenvalue weighted by molar-refractivity contribution is 5.91. The van der Waals surface area contributed by atoms with E-state index in [0.717, 1.165) is 28.8 Å². The number of hydrogen-bond acceptors (Lipinski definition) is 3. The van der Waals surface area contributed by atoms with E-state index in [-0.39, 0.29) is 43.0 Å². The molecule has 1 aromatic carbocycles. The second-order valence-corrected chi connectivity index (χ2v) is 7.22. The van der Waals surface area contributed by atoms with Gasteiger partial charge in [-0.2, -0.15) is 26.3 Å². The van der Waals surface area contributed by atoms with E-state index in [4.69, 9.17) is 0 Å². The van der Waals surface area contributed by atoms with E-state index in [2.05, 4.69) is 10.2 Å². The zero-order valence-corrected chi connectivity index (χ0v) is 17.0. The molecule has 0 atom stereocenters. The number of pyridine rings is 1. The van der Waals surface area contributed by atoms with Gasteiger partial charge in [0.2, 0.25) is 5.82 Å². The van der Waals surface area contributed by atoms with Crippen molar-refractivity contribution in [2.24, 2.45) is 0 Å². The fourth-order valence-electron chi connectivity index (χ4n) is 3.41. The number of aryl methyl sites for hydroxylation is 1. The van der Waals surface area contributed by atoms with Crippen LogP contribution in [-0.4, -0.2) is 38.5 Å². The predicted molar refractivity (Wildman–Crippen MR) is 104 cm³/mol. The summed E-state index contributed by atoms with van der Waals surface area (Å²) < 4.78 is 79.6. The van der Waals surface area contributed by atoms with Crippen LogP contribution in [0.2, 0.25) is 0 Å². The van der Waals surface area contributed by atoms with E-state index in [1.54, 1.807) is 0 Å². The molecule has 0 aliphatic carbocycles. The third-order valence-electron chi connectivity index (χ3n) is 4.90. The maximum Gasteiger partial charge on any atom is 0.417 e. The number of carbonyl (C=O) groups is 1. The number of halogens is 6. The number of alkyl halides is 6. The van der Waals surface area contributed by atoms with Crippen LogP contribution in [0.15, 0.2) is 42.6 Å². The average Bonchev–Trinajstić information content (AvgIpc) is 3.15. The minimum Gasteiger partial charge on any atom is -0.336 e. The van der Waals surface area contributed by atoms with Crippen LogP contribution in [0.4, 0.5) is 26.3 Å². The summed E-state index contributed by atoms with van der Waals surface area (Å²) >= 11 is 0. The van der Waals surface area contributed by atoms with Gasteiger partial charge in [0, 0.05) is 19.3 Å². The van der Waals surface area contributed by atoms with E-state index in [0.29, 0.717) is 6.42 Å². The average molecular weight is 458 g/mol. The van der Waals surface area contributed by atoms with Crippen molar-refractivity contribution in [3.05, 3.63) is 65.1 Å². The molecule has 0 saturated carbocycles. The second kappa shape index (κ2) is 9.17.